The molecule has 0 bridgehead atoms. The van der Waals surface area contributed by atoms with E-state index in [1.54, 1.807) is 34.5 Å². The Bertz CT molecular complexity index is 1510. The fourth-order valence-corrected chi connectivity index (χ4v) is 10.9. The van der Waals surface area contributed by atoms with E-state index in [2.05, 4.69) is 19.9 Å². The molecule has 2 N–H and O–H groups in total. The molecule has 5 fully saturated rings. The molecule has 310 valence electrons. The molecule has 2 saturated carbocycles. The van der Waals surface area contributed by atoms with Gasteiger partial charge in [0.05, 0.1) is 60.5 Å². The van der Waals surface area contributed by atoms with Gasteiger partial charge in [-0.25, -0.2) is 0 Å². The van der Waals surface area contributed by atoms with Crippen LogP contribution < -0.4 is 0 Å². The predicted molar refractivity (Wildman–Crippen MR) is 198 cm³/mol. The second kappa shape index (κ2) is 16.5. The van der Waals surface area contributed by atoms with Gasteiger partial charge in [-0.1, -0.05) is 18.6 Å². The van der Waals surface area contributed by atoms with Crippen LogP contribution in [0.2, 0.25) is 0 Å². The van der Waals surface area contributed by atoms with Crippen molar-refractivity contribution < 1.29 is 62.1 Å². The molecule has 1 aromatic rings. The first-order valence-electron chi connectivity index (χ1n) is 20.4. The maximum Gasteiger partial charge on any atom is 0.161 e. The summed E-state index contributed by atoms with van der Waals surface area (Å²) in [6.07, 6.45) is 1.84. The summed E-state index contributed by atoms with van der Waals surface area (Å²) >= 11 is 0. The highest BCUT2D eigenvalue weighted by Crippen LogP contribution is 2.59. The summed E-state index contributed by atoms with van der Waals surface area (Å²) in [4.78, 5) is 14.1. The van der Waals surface area contributed by atoms with E-state index in [9.17, 15) is 15.0 Å². The number of carbonyl (C=O) groups excluding carboxylic acids is 1. The third-order valence-electron chi connectivity index (χ3n) is 14.2. The Hall–Kier alpha value is -1.75. The molecule has 0 spiro atoms. The van der Waals surface area contributed by atoms with Crippen molar-refractivity contribution in [3.8, 4) is 0 Å². The van der Waals surface area contributed by atoms with Crippen molar-refractivity contribution >= 4 is 5.78 Å². The standard InChI is InChI=1S/C42H64O13/c1-21-27(13-15-49-21)41(5)14-12-28-26(40(41)45)11-10-25-16-30(29(43)20-42(25,28)6)53-34-18-32(47-8)38(23(3)51-34)55-36-19-33(48-9)39(24(4)52-36)54-35-17-31(46-7)37(44)22(2)50-35/h10,13,15,22-24,26,28-39,43-44H,11-12,14,16-20H2,1-9H3/t22-,23-,24+,26?,28?,29-,30-,31+,32+,33+,34+,35+,36+,37-,38-,39-,41?,42?/m1/s1. The van der Waals surface area contributed by atoms with Gasteiger partial charge in [-0.15, -0.1) is 0 Å². The lowest BCUT2D eigenvalue weighted by molar-refractivity contribution is -0.339. The van der Waals surface area contributed by atoms with Crippen molar-refractivity contribution in [1.82, 2.24) is 0 Å². The SMILES string of the molecule is CO[C@H]1C[C@H](O[C@@H]2[C@H](C)O[C@@H](O[C@H]3[C@@H](OC)C[C@H](O[C@@H]4CC5=CCC6C(=O)C(C)(c7ccoc7C)CCC6C5(C)C[C@H]4O)O[C@@H]3C)C[C@@H]2OC)O[C@H](C)[C@H]1O. The molecule has 3 saturated heterocycles. The molecule has 0 radical (unpaired) electrons. The second-order valence-electron chi connectivity index (χ2n) is 17.4. The zero-order valence-corrected chi connectivity index (χ0v) is 34.0. The number of Topliss-reactive ketones (excluding diaryl/α,β-unsaturated/α-hetero) is 1. The molecule has 18 atom stereocenters. The number of ketones is 1. The van der Waals surface area contributed by atoms with Crippen molar-refractivity contribution in [2.45, 2.75) is 184 Å². The van der Waals surface area contributed by atoms with E-state index in [0.29, 0.717) is 38.5 Å². The first-order chi connectivity index (χ1) is 26.2. The van der Waals surface area contributed by atoms with Gasteiger partial charge in [-0.2, -0.15) is 0 Å². The zero-order valence-electron chi connectivity index (χ0n) is 34.0. The molecular formula is C42H64O13. The van der Waals surface area contributed by atoms with E-state index in [-0.39, 0.29) is 41.3 Å². The molecule has 13 nitrogen and oxygen atoms in total. The first kappa shape index (κ1) is 41.4. The summed E-state index contributed by atoms with van der Waals surface area (Å²) in [5, 5.41) is 22.0. The highest BCUT2D eigenvalue weighted by atomic mass is 16.7. The van der Waals surface area contributed by atoms with Crippen molar-refractivity contribution in [3.63, 3.8) is 0 Å². The zero-order chi connectivity index (χ0) is 39.4. The van der Waals surface area contributed by atoms with Gasteiger partial charge in [0.15, 0.2) is 18.9 Å². The van der Waals surface area contributed by atoms with E-state index in [4.69, 9.17) is 47.0 Å². The summed E-state index contributed by atoms with van der Waals surface area (Å²) in [5.41, 5.74) is 1.43. The number of fused-ring (bicyclic) bond motifs is 3. The minimum Gasteiger partial charge on any atom is -0.469 e. The molecule has 4 unspecified atom stereocenters. The van der Waals surface area contributed by atoms with E-state index in [1.165, 1.54) is 5.57 Å². The lowest BCUT2D eigenvalue weighted by atomic mass is 9.49. The topological polar surface area (TPSA) is 154 Å². The Morgan fingerprint density at radius 3 is 1.91 bits per heavy atom. The van der Waals surface area contributed by atoms with Gasteiger partial charge in [0.1, 0.15) is 29.9 Å². The predicted octanol–water partition coefficient (Wildman–Crippen LogP) is 4.90. The molecule has 0 aromatic carbocycles. The van der Waals surface area contributed by atoms with E-state index < -0.39 is 73.1 Å². The summed E-state index contributed by atoms with van der Waals surface area (Å²) in [7, 11) is 4.88. The minimum atomic E-state index is -0.731. The van der Waals surface area contributed by atoms with Crippen LogP contribution in [0.1, 0.15) is 97.3 Å². The van der Waals surface area contributed by atoms with Crippen LogP contribution in [0.25, 0.3) is 0 Å². The summed E-state index contributed by atoms with van der Waals surface area (Å²) in [5.74, 6) is 1.18. The lowest BCUT2D eigenvalue weighted by Crippen LogP contribution is -2.57. The quantitative estimate of drug-likeness (QED) is 0.310. The Kier molecular flexibility index (Phi) is 12.4. The number of hydrogen-bond acceptors (Lipinski definition) is 13. The first-order valence-corrected chi connectivity index (χ1v) is 20.4. The molecule has 6 aliphatic rings. The smallest absolute Gasteiger partial charge is 0.161 e. The van der Waals surface area contributed by atoms with Crippen molar-refractivity contribution in [2.24, 2.45) is 17.3 Å². The molecule has 1 aromatic heterocycles. The number of methoxy groups -OCH3 is 3. The third-order valence-corrected chi connectivity index (χ3v) is 14.2. The summed E-state index contributed by atoms with van der Waals surface area (Å²) in [6, 6.07) is 1.95. The summed E-state index contributed by atoms with van der Waals surface area (Å²) < 4.78 is 61.1. The maximum atomic E-state index is 14.1. The lowest BCUT2D eigenvalue weighted by Gasteiger charge is -2.55. The number of hydrogen-bond donors (Lipinski definition) is 2. The van der Waals surface area contributed by atoms with Gasteiger partial charge in [0.25, 0.3) is 0 Å². The monoisotopic (exact) mass is 776 g/mol. The third kappa shape index (κ3) is 7.78. The van der Waals surface area contributed by atoms with Crippen LogP contribution in [0, 0.1) is 24.2 Å². The van der Waals surface area contributed by atoms with Crippen LogP contribution in [0.3, 0.4) is 0 Å². The number of ether oxygens (including phenoxy) is 9. The Morgan fingerprint density at radius 1 is 0.782 bits per heavy atom. The van der Waals surface area contributed by atoms with Gasteiger partial charge in [0, 0.05) is 52.1 Å². The molecule has 0 amide bonds. The van der Waals surface area contributed by atoms with Gasteiger partial charge in [-0.3, -0.25) is 4.79 Å². The number of rotatable bonds is 10. The Labute approximate surface area is 325 Å². The Morgan fingerprint density at radius 2 is 1.35 bits per heavy atom. The average molecular weight is 777 g/mol. The largest absolute Gasteiger partial charge is 0.469 e. The fourth-order valence-electron chi connectivity index (χ4n) is 10.9. The molecule has 55 heavy (non-hydrogen) atoms. The van der Waals surface area contributed by atoms with Crippen LogP contribution in [0.5, 0.6) is 0 Å². The van der Waals surface area contributed by atoms with Crippen LogP contribution in [-0.2, 0) is 52.8 Å². The van der Waals surface area contributed by atoms with Gasteiger partial charge in [0.2, 0.25) is 0 Å². The van der Waals surface area contributed by atoms with Gasteiger partial charge in [-0.05, 0) is 84.1 Å². The maximum absolute atomic E-state index is 14.1. The molecule has 7 rings (SSSR count). The van der Waals surface area contributed by atoms with Crippen LogP contribution in [-0.4, -0.2) is 123 Å². The van der Waals surface area contributed by atoms with E-state index >= 15 is 0 Å². The number of allylic oxidation sites excluding steroid dienone is 1. The summed E-state index contributed by atoms with van der Waals surface area (Å²) in [6.45, 7) is 11.9. The number of aliphatic hydroxyl groups is 2. The van der Waals surface area contributed by atoms with Crippen molar-refractivity contribution in [1.29, 1.82) is 0 Å². The average Bonchev–Trinajstić information content (AvgIpc) is 3.59. The number of aryl methyl sites for hydroxylation is 1. The molecule has 3 aliphatic heterocycles. The second-order valence-corrected chi connectivity index (χ2v) is 17.4. The number of furan rings is 1. The molecular weight excluding hydrogens is 712 g/mol. The molecule has 13 heteroatoms. The van der Waals surface area contributed by atoms with Crippen LogP contribution in [0.4, 0.5) is 0 Å². The minimum absolute atomic E-state index is 0.0875. The van der Waals surface area contributed by atoms with E-state index in [1.807, 2.05) is 26.8 Å². The highest BCUT2D eigenvalue weighted by molar-refractivity contribution is 5.93. The van der Waals surface area contributed by atoms with Crippen LogP contribution in [0.15, 0.2) is 28.4 Å². The van der Waals surface area contributed by atoms with Gasteiger partial charge < -0.3 is 57.3 Å². The van der Waals surface area contributed by atoms with Crippen molar-refractivity contribution in [2.75, 3.05) is 21.3 Å². The molecule has 3 aliphatic carbocycles. The number of carbonyl (C=O) groups is 1. The normalized spacial score (nSPS) is 47.8. The Balaban J connectivity index is 0.949. The van der Waals surface area contributed by atoms with Crippen molar-refractivity contribution in [3.05, 3.63) is 35.3 Å². The number of aliphatic hydroxyl groups excluding tert-OH is 2. The molecule has 4 heterocycles. The highest BCUT2D eigenvalue weighted by Gasteiger charge is 2.57. The van der Waals surface area contributed by atoms with Crippen LogP contribution >= 0.6 is 0 Å². The van der Waals surface area contributed by atoms with Gasteiger partial charge >= 0.3 is 0 Å². The van der Waals surface area contributed by atoms with E-state index in [0.717, 1.165) is 24.2 Å². The fraction of sp³-hybridized carbons (Fsp3) is 0.833.